The third-order valence-corrected chi connectivity index (χ3v) is 20.6. The molecule has 13 aromatic rings. The van der Waals surface area contributed by atoms with Crippen LogP contribution in [-0.4, -0.2) is 122 Å². The van der Waals surface area contributed by atoms with Crippen LogP contribution in [-0.2, 0) is 94.1 Å². The van der Waals surface area contributed by atoms with Gasteiger partial charge in [0.15, 0.2) is 29.1 Å². The van der Waals surface area contributed by atoms with Crippen molar-refractivity contribution in [2.75, 3.05) is 47.8 Å². The zero-order valence-corrected chi connectivity index (χ0v) is 79.0. The van der Waals surface area contributed by atoms with Crippen LogP contribution in [0.1, 0.15) is 82.6 Å². The number of likely N-dealkylation sites (N-methyl/N-ethyl adjacent to an activating group) is 4. The number of nitrogens with zero attached hydrogens (tertiary/aromatic N) is 20. The maximum Gasteiger partial charge on any atom is 0.407 e. The number of hydrogen-bond donors (Lipinski definition) is 2. The Morgan fingerprint density at radius 3 is 1.57 bits per heavy atom. The van der Waals surface area contributed by atoms with Gasteiger partial charge in [0.2, 0.25) is 32.7 Å². The molecule has 660 valence electrons. The zero-order chi connectivity index (χ0) is 93.7. The molecule has 4 aliphatic heterocycles. The van der Waals surface area contributed by atoms with Crippen LogP contribution in [0.4, 0.5) is 67.1 Å². The SMILES string of the molecule is CN1C(=O)C(Br)(Br)c2ncc(F)c(C#N)c21.CN1C(=O)Cc2ncc(F)c(C#N)c21.CN1C(=O)Cc2ncc(F)c(CN)c21.CN1C(=O)Cc2ncc(F)c(CNC(=O)OC(C)(C)C)c21.Cn1ccc2c1cc(F)c[n+]2[O-].Cn1ccc2ncc(F)c(C#N)c21.Cn1ccc2ncc(F)c(Cl)c21.Cn1ccc2ncc(F)cc21.Fc1cnc2c(c1)CC=C2.IC(I)I. The lowest BCUT2D eigenvalue weighted by molar-refractivity contribution is -0.578. The van der Waals surface area contributed by atoms with Crippen molar-refractivity contribution in [3.63, 3.8) is 0 Å². The fourth-order valence-electron chi connectivity index (χ4n) is 12.8. The van der Waals surface area contributed by atoms with Crippen molar-refractivity contribution in [3.8, 4) is 18.2 Å². The van der Waals surface area contributed by atoms with Gasteiger partial charge in [0, 0.05) is 117 Å². The molecule has 17 heterocycles. The van der Waals surface area contributed by atoms with E-state index in [4.69, 9.17) is 37.9 Å². The summed E-state index contributed by atoms with van der Waals surface area (Å²) in [4.78, 5) is 93.9. The Kier molecular flexibility index (Phi) is 33.5. The Hall–Kier alpha value is -11.6. The fourth-order valence-corrected chi connectivity index (χ4v) is 14.2. The van der Waals surface area contributed by atoms with Gasteiger partial charge in [-0.1, -0.05) is 117 Å². The van der Waals surface area contributed by atoms with E-state index in [0.29, 0.717) is 77.5 Å². The molecule has 0 bridgehead atoms. The number of allylic oxidation sites excluding steroid dienone is 1. The van der Waals surface area contributed by atoms with Crippen molar-refractivity contribution >= 4 is 214 Å². The fraction of sp³-hybridized carbons (Fsp3) is 0.241. The molecule has 0 saturated heterocycles. The molecule has 5 amide bonds. The van der Waals surface area contributed by atoms with Crippen LogP contribution < -0.4 is 35.4 Å². The molecule has 0 unspecified atom stereocenters. The minimum absolute atomic E-state index is 0.0532. The van der Waals surface area contributed by atoms with Gasteiger partial charge in [-0.3, -0.25) is 59.0 Å². The van der Waals surface area contributed by atoms with Gasteiger partial charge in [-0.15, -0.1) is 0 Å². The molecule has 0 aromatic carbocycles. The van der Waals surface area contributed by atoms with Crippen LogP contribution in [0.15, 0.2) is 129 Å². The molecule has 29 nitrogen and oxygen atoms in total. The highest BCUT2D eigenvalue weighted by Gasteiger charge is 2.49. The molecule has 44 heteroatoms. The number of nitrogens with one attached hydrogen (secondary N) is 1. The van der Waals surface area contributed by atoms with Crippen molar-refractivity contribution in [2.45, 2.75) is 68.3 Å². The second-order valence-corrected chi connectivity index (χ2v) is 43.1. The lowest BCUT2D eigenvalue weighted by Gasteiger charge is -2.20. The Morgan fingerprint density at radius 2 is 1.00 bits per heavy atom. The van der Waals surface area contributed by atoms with E-state index < -0.39 is 55.6 Å². The van der Waals surface area contributed by atoms with E-state index >= 15 is 0 Å². The third kappa shape index (κ3) is 23.4. The molecule has 0 saturated carbocycles. The number of carbonyl (C=O) groups is 5. The molecule has 127 heavy (non-hydrogen) atoms. The molecular formula is C83H71Br2ClF9I3N22O7. The van der Waals surface area contributed by atoms with Gasteiger partial charge in [-0.25, -0.2) is 44.3 Å². The van der Waals surface area contributed by atoms with Gasteiger partial charge >= 0.3 is 6.09 Å². The highest BCUT2D eigenvalue weighted by Crippen LogP contribution is 2.50. The smallest absolute Gasteiger partial charge is 0.407 e. The van der Waals surface area contributed by atoms with Crippen LogP contribution >= 0.6 is 111 Å². The van der Waals surface area contributed by atoms with E-state index in [9.17, 15) is 68.7 Å². The van der Waals surface area contributed by atoms with E-state index in [2.05, 4.69) is 145 Å². The van der Waals surface area contributed by atoms with E-state index in [1.54, 1.807) is 119 Å². The Balaban J connectivity index is 0.000000162. The molecular weight excluding hydrogens is 2160 g/mol. The number of rotatable bonds is 3. The highest BCUT2D eigenvalue weighted by molar-refractivity contribution is 14.3. The summed E-state index contributed by atoms with van der Waals surface area (Å²) < 4.78 is 130. The first-order chi connectivity index (χ1) is 59.9. The number of nitriles is 3. The summed E-state index contributed by atoms with van der Waals surface area (Å²) in [6.07, 6.45) is 21.4. The number of alkyl carbamates (subject to hydrolysis) is 1. The van der Waals surface area contributed by atoms with Crippen molar-refractivity contribution in [3.05, 3.63) is 254 Å². The van der Waals surface area contributed by atoms with Crippen molar-refractivity contribution in [2.24, 2.45) is 33.9 Å². The van der Waals surface area contributed by atoms with Crippen LogP contribution in [0, 0.1) is 91.6 Å². The average molecular weight is 2240 g/mol. The first-order valence-electron chi connectivity index (χ1n) is 36.9. The van der Waals surface area contributed by atoms with Gasteiger partial charge in [0.1, 0.15) is 79.9 Å². The minimum atomic E-state index is -1.18. The number of ether oxygens (including phenoxy) is 1. The number of pyridine rings is 9. The number of nitrogens with two attached hydrogens (primary N) is 1. The predicted octanol–water partition coefficient (Wildman–Crippen LogP) is 15.6. The molecule has 0 atom stereocenters. The zero-order valence-electron chi connectivity index (χ0n) is 68.6. The normalized spacial score (nSPS) is 13.1. The van der Waals surface area contributed by atoms with Gasteiger partial charge in [-0.05, 0) is 63.1 Å². The number of aromatic nitrogens is 13. The second kappa shape index (κ2) is 42.8. The number of aryl methyl sites for hydroxylation is 4. The van der Waals surface area contributed by atoms with Crippen LogP contribution in [0.2, 0.25) is 5.02 Å². The Morgan fingerprint density at radius 1 is 0.567 bits per heavy atom. The summed E-state index contributed by atoms with van der Waals surface area (Å²) in [5.41, 5.74) is 15.7. The van der Waals surface area contributed by atoms with E-state index in [1.165, 1.54) is 64.3 Å². The largest absolute Gasteiger partial charge is 0.618 e. The molecule has 5 aliphatic rings. The predicted molar refractivity (Wildman–Crippen MR) is 488 cm³/mol. The van der Waals surface area contributed by atoms with Crippen LogP contribution in [0.25, 0.3) is 50.2 Å². The maximum absolute atomic E-state index is 13.9. The second-order valence-electron chi connectivity index (χ2n) is 28.4. The van der Waals surface area contributed by atoms with E-state index in [-0.39, 0.29) is 106 Å². The summed E-state index contributed by atoms with van der Waals surface area (Å²) >= 11 is 19.0. The number of halogens is 15. The van der Waals surface area contributed by atoms with Crippen molar-refractivity contribution in [1.29, 1.82) is 15.8 Å². The number of carbonyl (C=O) groups excluding carboxylic acids is 5. The van der Waals surface area contributed by atoms with Crippen LogP contribution in [0.3, 0.4) is 0 Å². The van der Waals surface area contributed by atoms with Crippen molar-refractivity contribution in [1.82, 2.24) is 63.5 Å². The first kappa shape index (κ1) is 99.2. The summed E-state index contributed by atoms with van der Waals surface area (Å²) in [5.74, 6) is -5.30. The lowest BCUT2D eigenvalue weighted by Crippen LogP contribution is -2.33. The summed E-state index contributed by atoms with van der Waals surface area (Å²) in [5, 5.41) is 40.0. The molecule has 0 spiro atoms. The molecule has 0 fully saturated rings. The van der Waals surface area contributed by atoms with Gasteiger partial charge in [-0.2, -0.15) is 20.5 Å². The van der Waals surface area contributed by atoms with E-state index in [1.807, 2.05) is 42.1 Å². The lowest BCUT2D eigenvalue weighted by atomic mass is 10.1. The average Bonchev–Trinajstić information content (AvgIpc) is 1.58. The monoisotopic (exact) mass is 2230 g/mol. The summed E-state index contributed by atoms with van der Waals surface area (Å²) in [7, 11) is 13.3. The van der Waals surface area contributed by atoms with Gasteiger partial charge in [0.05, 0.1) is 154 Å². The quantitative estimate of drug-likeness (QED) is 0.0545. The highest BCUT2D eigenvalue weighted by atomic mass is 127. The summed E-state index contributed by atoms with van der Waals surface area (Å²) in [6, 6.07) is 16.7. The Bertz CT molecular complexity index is 6590. The molecule has 18 rings (SSSR count). The van der Waals surface area contributed by atoms with Gasteiger partial charge in [0.25, 0.3) is 5.91 Å². The molecule has 13 aromatic heterocycles. The standard InChI is InChI=1S/C14H18FN3O3.C9H4Br2FN3O.C9H10FN3O.C9H6FN3O.C9H6FN3.C8H6ClFN2.C8H7FN2O.C8H7FN2.C8H6FN.CHI3/c1-14(2,3)21-13(20)17-6-8-9(15)7-16-10-5-11(19)18(4)12(8)10;1-15-6-4(2-13)5(12)3-14-7(6)9(10,11)8(15)16;2*1-13-8(14)2-7-9(13)5(3-11)6(10)4-12-7;1-13-3-2-8-9(13)6(4-11)7(10)5-12-8;1-12-3-2-6-8(12)7(9)5(10)4-11-6;1-10-3-2-7-8(10)4-6(9)5-11(7)12;1-11-3-2-7-8(11)4-6(9)5-10-7;9-7-4-6-2-1-3-8(6)10-5-7;2-1(3)4/h7H,5-6H2,1-4H3,(H,17,20);3H,1H3;4H,2-3,11H2,1H3;4H,2H2,1H3;2-3,5H,1H3;2-4H,1H3;2-5H,1H3;2-5H,1H3;1,3-5H,2H2;1H. The minimum Gasteiger partial charge on any atom is -0.618 e. The molecule has 1 aliphatic carbocycles. The van der Waals surface area contributed by atoms with Crippen LogP contribution in [0.5, 0.6) is 0 Å². The van der Waals surface area contributed by atoms with E-state index in [0.717, 1.165) is 72.0 Å². The summed E-state index contributed by atoms with van der Waals surface area (Å²) in [6.45, 7) is 5.23. The first-order valence-corrected chi connectivity index (χ1v) is 42.6. The number of fused-ring (bicyclic) bond motifs is 9. The number of anilines is 4. The van der Waals surface area contributed by atoms with Crippen molar-refractivity contribution < 1.29 is 73.0 Å². The third-order valence-electron chi connectivity index (χ3n) is 18.9. The molecule has 0 radical (unpaired) electrons. The number of hydrogen-bond acceptors (Lipinski definition) is 19. The number of alkyl halides is 5. The number of amides is 5. The maximum atomic E-state index is 13.9. The topological polar surface area (TPSA) is 367 Å². The van der Waals surface area contributed by atoms with Gasteiger partial charge < -0.3 is 58.9 Å². The Labute approximate surface area is 781 Å². The molecule has 3 N–H and O–H groups in total.